The summed E-state index contributed by atoms with van der Waals surface area (Å²) in [7, 11) is 0. The Balaban J connectivity index is 1.53. The molecule has 1 saturated heterocycles. The highest BCUT2D eigenvalue weighted by Gasteiger charge is 2.34. The fraction of sp³-hybridized carbons (Fsp3) is 0.115. The molecule has 2 amide bonds. The smallest absolute Gasteiger partial charge is 0.270 e. The molecule has 0 aromatic heterocycles. The number of thiocarbonyl (C=S) groups is 1. The molecule has 1 N–H and O–H groups in total. The molecule has 0 aliphatic carbocycles. The lowest BCUT2D eigenvalue weighted by Gasteiger charge is -2.29. The Morgan fingerprint density at radius 2 is 1.61 bits per heavy atom. The van der Waals surface area contributed by atoms with Gasteiger partial charge < -0.3 is 4.74 Å². The van der Waals surface area contributed by atoms with Crippen LogP contribution in [0.1, 0.15) is 22.3 Å². The normalized spacial score (nSPS) is 15.1. The van der Waals surface area contributed by atoms with E-state index in [1.54, 1.807) is 6.08 Å². The van der Waals surface area contributed by atoms with Gasteiger partial charge in [-0.15, -0.1) is 0 Å². The summed E-state index contributed by atoms with van der Waals surface area (Å²) in [5, 5.41) is 2.70. The maximum absolute atomic E-state index is 13.2. The van der Waals surface area contributed by atoms with E-state index in [1.807, 2.05) is 80.6 Å². The molecule has 0 unspecified atom stereocenters. The summed E-state index contributed by atoms with van der Waals surface area (Å²) in [5.74, 6) is -0.259. The van der Waals surface area contributed by atoms with Crippen molar-refractivity contribution < 1.29 is 14.3 Å². The topological polar surface area (TPSA) is 58.6 Å². The summed E-state index contributed by atoms with van der Waals surface area (Å²) < 4.78 is 7.01. The van der Waals surface area contributed by atoms with E-state index in [9.17, 15) is 9.59 Å². The fourth-order valence-corrected chi connectivity index (χ4v) is 4.19. The molecular weight excluding hydrogens is 547 g/mol. The number of aryl methyl sites for hydroxylation is 2. The van der Waals surface area contributed by atoms with E-state index in [4.69, 9.17) is 17.0 Å². The molecule has 1 heterocycles. The summed E-state index contributed by atoms with van der Waals surface area (Å²) in [6.45, 7) is 4.36. The van der Waals surface area contributed by atoms with Crippen molar-refractivity contribution in [3.05, 3.63) is 98.1 Å². The maximum atomic E-state index is 13.2. The molecule has 0 saturated carbocycles. The fourth-order valence-electron chi connectivity index (χ4n) is 3.55. The quantitative estimate of drug-likeness (QED) is 0.196. The van der Waals surface area contributed by atoms with Crippen molar-refractivity contribution in [1.29, 1.82) is 0 Å². The van der Waals surface area contributed by atoms with Crippen molar-refractivity contribution in [2.75, 3.05) is 4.90 Å². The lowest BCUT2D eigenvalue weighted by molar-refractivity contribution is -0.122. The number of ether oxygens (including phenoxy) is 1. The Hall–Kier alpha value is -3.04. The summed E-state index contributed by atoms with van der Waals surface area (Å²) in [6.07, 6.45) is 1.57. The van der Waals surface area contributed by atoms with Gasteiger partial charge in [-0.2, -0.15) is 0 Å². The van der Waals surface area contributed by atoms with E-state index in [1.165, 1.54) is 8.47 Å². The van der Waals surface area contributed by atoms with E-state index in [0.717, 1.165) is 16.7 Å². The third-order valence-electron chi connectivity index (χ3n) is 5.08. The second-order valence-electron chi connectivity index (χ2n) is 7.79. The van der Waals surface area contributed by atoms with Gasteiger partial charge in [-0.05, 0) is 113 Å². The van der Waals surface area contributed by atoms with Gasteiger partial charge in [0.15, 0.2) is 5.11 Å². The average Bonchev–Trinajstić information content (AvgIpc) is 2.76. The lowest BCUT2D eigenvalue weighted by atomic mass is 10.1. The van der Waals surface area contributed by atoms with Crippen LogP contribution in [0.3, 0.4) is 0 Å². The zero-order valence-corrected chi connectivity index (χ0v) is 21.1. The van der Waals surface area contributed by atoms with E-state index in [2.05, 4.69) is 27.9 Å². The first kappa shape index (κ1) is 23.1. The molecule has 1 fully saturated rings. The highest BCUT2D eigenvalue weighted by molar-refractivity contribution is 14.1. The first-order valence-corrected chi connectivity index (χ1v) is 11.8. The minimum absolute atomic E-state index is 0.0234. The zero-order valence-electron chi connectivity index (χ0n) is 18.1. The predicted molar refractivity (Wildman–Crippen MR) is 142 cm³/mol. The Bertz CT molecular complexity index is 1250. The summed E-state index contributed by atoms with van der Waals surface area (Å²) in [4.78, 5) is 27.1. The highest BCUT2D eigenvalue weighted by atomic mass is 127. The van der Waals surface area contributed by atoms with Crippen LogP contribution in [0.2, 0.25) is 0 Å². The molecule has 0 spiro atoms. The van der Waals surface area contributed by atoms with Gasteiger partial charge in [-0.3, -0.25) is 19.8 Å². The van der Waals surface area contributed by atoms with Crippen molar-refractivity contribution in [1.82, 2.24) is 5.32 Å². The molecule has 3 aromatic carbocycles. The number of anilines is 1. The molecule has 3 aromatic rings. The number of benzene rings is 3. The first-order valence-electron chi connectivity index (χ1n) is 10.3. The maximum Gasteiger partial charge on any atom is 0.270 e. The van der Waals surface area contributed by atoms with Crippen LogP contribution in [-0.4, -0.2) is 16.9 Å². The van der Waals surface area contributed by atoms with Crippen molar-refractivity contribution >= 4 is 63.5 Å². The molecule has 0 radical (unpaired) electrons. The molecule has 1 aliphatic heterocycles. The van der Waals surface area contributed by atoms with Crippen LogP contribution in [0, 0.1) is 17.4 Å². The summed E-state index contributed by atoms with van der Waals surface area (Å²) in [5.41, 5.74) is 4.45. The van der Waals surface area contributed by atoms with Crippen molar-refractivity contribution in [3.63, 3.8) is 0 Å². The molecule has 0 bridgehead atoms. The number of rotatable bonds is 5. The SMILES string of the molecule is Cc1cc(C)cc(N2C(=O)/C(=C/c3ccc(OCc4ccc(I)cc4)cc3)C(=O)NC2=S)c1. The Morgan fingerprint density at radius 3 is 2.24 bits per heavy atom. The van der Waals surface area contributed by atoms with Crippen LogP contribution in [-0.2, 0) is 16.2 Å². The Morgan fingerprint density at radius 1 is 0.970 bits per heavy atom. The van der Waals surface area contributed by atoms with Crippen molar-refractivity contribution in [2.45, 2.75) is 20.5 Å². The number of hydrogen-bond donors (Lipinski definition) is 1. The minimum Gasteiger partial charge on any atom is -0.489 e. The van der Waals surface area contributed by atoms with E-state index in [-0.39, 0.29) is 10.7 Å². The first-order chi connectivity index (χ1) is 15.8. The van der Waals surface area contributed by atoms with Gasteiger partial charge in [0.05, 0.1) is 5.69 Å². The Labute approximate surface area is 211 Å². The van der Waals surface area contributed by atoms with Crippen molar-refractivity contribution in [2.24, 2.45) is 0 Å². The van der Waals surface area contributed by atoms with Crippen LogP contribution in [0.4, 0.5) is 5.69 Å². The second kappa shape index (κ2) is 9.84. The van der Waals surface area contributed by atoms with E-state index < -0.39 is 11.8 Å². The highest BCUT2D eigenvalue weighted by Crippen LogP contribution is 2.25. The van der Waals surface area contributed by atoms with Gasteiger partial charge in [-0.1, -0.05) is 30.3 Å². The third kappa shape index (κ3) is 5.48. The molecule has 166 valence electrons. The van der Waals surface area contributed by atoms with Gasteiger partial charge in [-0.25, -0.2) is 0 Å². The summed E-state index contributed by atoms with van der Waals surface area (Å²) in [6, 6.07) is 21.1. The third-order valence-corrected chi connectivity index (χ3v) is 6.08. The van der Waals surface area contributed by atoms with Crippen LogP contribution in [0.15, 0.2) is 72.3 Å². The van der Waals surface area contributed by atoms with Gasteiger partial charge >= 0.3 is 0 Å². The van der Waals surface area contributed by atoms with Crippen LogP contribution >= 0.6 is 34.8 Å². The van der Waals surface area contributed by atoms with Gasteiger partial charge in [0, 0.05) is 3.57 Å². The number of nitrogens with one attached hydrogen (secondary N) is 1. The summed E-state index contributed by atoms with van der Waals surface area (Å²) >= 11 is 7.55. The number of nitrogens with zero attached hydrogens (tertiary/aromatic N) is 1. The van der Waals surface area contributed by atoms with Gasteiger partial charge in [0.1, 0.15) is 17.9 Å². The molecule has 0 atom stereocenters. The molecule has 7 heteroatoms. The monoisotopic (exact) mass is 568 g/mol. The van der Waals surface area contributed by atoms with E-state index >= 15 is 0 Å². The van der Waals surface area contributed by atoms with Gasteiger partial charge in [0.2, 0.25) is 0 Å². The zero-order chi connectivity index (χ0) is 23.5. The second-order valence-corrected chi connectivity index (χ2v) is 9.42. The van der Waals surface area contributed by atoms with Crippen LogP contribution in [0.5, 0.6) is 5.75 Å². The molecule has 33 heavy (non-hydrogen) atoms. The molecular formula is C26H21IN2O3S. The number of amides is 2. The number of carbonyl (C=O) groups excluding carboxylic acids is 2. The van der Waals surface area contributed by atoms with Crippen LogP contribution < -0.4 is 15.0 Å². The molecule has 4 rings (SSSR count). The minimum atomic E-state index is -0.510. The largest absolute Gasteiger partial charge is 0.489 e. The standard InChI is InChI=1S/C26H21IN2O3S/c1-16-11-17(2)13-21(12-16)29-25(31)23(24(30)28-26(29)33)14-18-5-9-22(10-6-18)32-15-19-3-7-20(27)8-4-19/h3-14H,15H2,1-2H3,(H,28,30,33)/b23-14+. The number of carbonyl (C=O) groups is 2. The number of hydrogen-bond acceptors (Lipinski definition) is 4. The number of halogens is 1. The average molecular weight is 568 g/mol. The van der Waals surface area contributed by atoms with Gasteiger partial charge in [0.25, 0.3) is 11.8 Å². The Kier molecular flexibility index (Phi) is 6.90. The van der Waals surface area contributed by atoms with Crippen LogP contribution in [0.25, 0.3) is 6.08 Å². The predicted octanol–water partition coefficient (Wildman–Crippen LogP) is 5.32. The molecule has 5 nitrogen and oxygen atoms in total. The lowest BCUT2D eigenvalue weighted by Crippen LogP contribution is -2.54. The van der Waals surface area contributed by atoms with Crippen molar-refractivity contribution in [3.8, 4) is 5.75 Å². The molecule has 1 aliphatic rings. The van der Waals surface area contributed by atoms with E-state index in [0.29, 0.717) is 23.6 Å².